The molecular formula is C14H31O2P. The maximum atomic E-state index is 11.2. The Labute approximate surface area is 108 Å². The van der Waals surface area contributed by atoms with E-state index in [-0.39, 0.29) is 0 Å². The fourth-order valence-corrected chi connectivity index (χ4v) is 2.99. The molecule has 0 radical (unpaired) electrons. The Kier molecular flexibility index (Phi) is 14.4. The molecule has 0 aliphatic heterocycles. The summed E-state index contributed by atoms with van der Waals surface area (Å²) in [4.78, 5) is 0. The van der Waals surface area contributed by atoms with Gasteiger partial charge in [-0.05, 0) is 13.3 Å². The minimum absolute atomic E-state index is 0.593. The van der Waals surface area contributed by atoms with Gasteiger partial charge in [-0.15, -0.1) is 0 Å². The third kappa shape index (κ3) is 14.1. The summed E-state index contributed by atoms with van der Waals surface area (Å²) in [7, 11) is -1.70. The van der Waals surface area contributed by atoms with Crippen molar-refractivity contribution < 1.29 is 9.09 Å². The van der Waals surface area contributed by atoms with Crippen LogP contribution in [0.25, 0.3) is 0 Å². The second kappa shape index (κ2) is 14.3. The smallest absolute Gasteiger partial charge is 0.191 e. The van der Waals surface area contributed by atoms with Crippen LogP contribution in [0.1, 0.15) is 78.1 Å². The average Bonchev–Trinajstić information content (AvgIpc) is 2.32. The molecule has 1 atom stereocenters. The highest BCUT2D eigenvalue weighted by Gasteiger charge is 1.98. The molecule has 0 aromatic rings. The topological polar surface area (TPSA) is 26.3 Å². The SMILES string of the molecule is CCCCCCCCCCCC[PH](=O)OCC. The standard InChI is InChI=1S/C14H31O2P/c1-3-5-6-7-8-9-10-11-12-13-14-17(15)16-4-2/h17H,3-14H2,1-2H3. The van der Waals surface area contributed by atoms with Crippen molar-refractivity contribution >= 4 is 8.03 Å². The number of rotatable bonds is 13. The van der Waals surface area contributed by atoms with Crippen molar-refractivity contribution in [2.75, 3.05) is 12.8 Å². The molecule has 3 heteroatoms. The molecule has 1 unspecified atom stereocenters. The molecule has 0 spiro atoms. The summed E-state index contributed by atoms with van der Waals surface area (Å²) < 4.78 is 16.3. The average molecular weight is 262 g/mol. The Morgan fingerprint density at radius 3 is 1.71 bits per heavy atom. The first-order chi connectivity index (χ1) is 8.31. The lowest BCUT2D eigenvalue weighted by atomic mass is 10.1. The second-order valence-corrected chi connectivity index (χ2v) is 6.27. The van der Waals surface area contributed by atoms with Crippen molar-refractivity contribution in [3.05, 3.63) is 0 Å². The van der Waals surface area contributed by atoms with E-state index in [1.807, 2.05) is 6.92 Å². The van der Waals surface area contributed by atoms with E-state index in [0.717, 1.165) is 12.6 Å². The Bertz CT molecular complexity index is 172. The molecule has 2 nitrogen and oxygen atoms in total. The van der Waals surface area contributed by atoms with Crippen LogP contribution in [-0.2, 0) is 9.09 Å². The van der Waals surface area contributed by atoms with Crippen molar-refractivity contribution in [1.82, 2.24) is 0 Å². The van der Waals surface area contributed by atoms with E-state index in [4.69, 9.17) is 4.52 Å². The zero-order valence-corrected chi connectivity index (χ0v) is 12.8. The summed E-state index contributed by atoms with van der Waals surface area (Å²) in [6.45, 7) is 4.75. The lowest BCUT2D eigenvalue weighted by Crippen LogP contribution is -1.86. The summed E-state index contributed by atoms with van der Waals surface area (Å²) in [6, 6.07) is 0. The molecule has 0 saturated heterocycles. The maximum Gasteiger partial charge on any atom is 0.191 e. The van der Waals surface area contributed by atoms with Crippen molar-refractivity contribution in [2.24, 2.45) is 0 Å². The van der Waals surface area contributed by atoms with Crippen LogP contribution >= 0.6 is 8.03 Å². The van der Waals surface area contributed by atoms with E-state index >= 15 is 0 Å². The molecule has 0 aromatic carbocycles. The predicted molar refractivity (Wildman–Crippen MR) is 77.3 cm³/mol. The first kappa shape index (κ1) is 17.2. The summed E-state index contributed by atoms with van der Waals surface area (Å²) in [6.07, 6.45) is 14.1. The zero-order chi connectivity index (χ0) is 12.8. The highest BCUT2D eigenvalue weighted by Crippen LogP contribution is 2.23. The van der Waals surface area contributed by atoms with Crippen LogP contribution in [-0.4, -0.2) is 12.8 Å². The van der Waals surface area contributed by atoms with Gasteiger partial charge < -0.3 is 4.52 Å². The summed E-state index contributed by atoms with van der Waals surface area (Å²) in [5.41, 5.74) is 0. The van der Waals surface area contributed by atoms with Crippen LogP contribution in [0.4, 0.5) is 0 Å². The van der Waals surface area contributed by atoms with Crippen LogP contribution in [0.3, 0.4) is 0 Å². The minimum Gasteiger partial charge on any atom is -0.331 e. The van der Waals surface area contributed by atoms with Gasteiger partial charge >= 0.3 is 0 Å². The lowest BCUT2D eigenvalue weighted by Gasteiger charge is -2.03. The molecular weight excluding hydrogens is 231 g/mol. The van der Waals surface area contributed by atoms with Gasteiger partial charge in [0.15, 0.2) is 8.03 Å². The third-order valence-corrected chi connectivity index (χ3v) is 4.41. The van der Waals surface area contributed by atoms with E-state index in [1.165, 1.54) is 57.8 Å². The Morgan fingerprint density at radius 2 is 1.24 bits per heavy atom. The molecule has 0 aliphatic rings. The zero-order valence-electron chi connectivity index (χ0n) is 11.8. The molecule has 0 fully saturated rings. The largest absolute Gasteiger partial charge is 0.331 e. The fourth-order valence-electron chi connectivity index (χ4n) is 1.99. The Balaban J connectivity index is 3.01. The van der Waals surface area contributed by atoms with E-state index in [1.54, 1.807) is 0 Å². The first-order valence-corrected chi connectivity index (χ1v) is 8.99. The second-order valence-electron chi connectivity index (χ2n) is 4.74. The van der Waals surface area contributed by atoms with Crippen molar-refractivity contribution in [2.45, 2.75) is 78.1 Å². The number of hydrogen-bond donors (Lipinski definition) is 0. The molecule has 0 aliphatic carbocycles. The van der Waals surface area contributed by atoms with Crippen LogP contribution in [0.2, 0.25) is 0 Å². The maximum absolute atomic E-state index is 11.2. The highest BCUT2D eigenvalue weighted by molar-refractivity contribution is 7.39. The highest BCUT2D eigenvalue weighted by atomic mass is 31.1. The van der Waals surface area contributed by atoms with E-state index in [9.17, 15) is 4.57 Å². The summed E-state index contributed by atoms with van der Waals surface area (Å²) in [5.74, 6) is 0. The van der Waals surface area contributed by atoms with Crippen LogP contribution in [0, 0.1) is 0 Å². The molecule has 0 heterocycles. The van der Waals surface area contributed by atoms with Crippen molar-refractivity contribution in [3.8, 4) is 0 Å². The van der Waals surface area contributed by atoms with Crippen LogP contribution in [0.15, 0.2) is 0 Å². The predicted octanol–water partition coefficient (Wildman–Crippen LogP) is 5.42. The quantitative estimate of drug-likeness (QED) is 0.327. The molecule has 0 N–H and O–H groups in total. The fraction of sp³-hybridized carbons (Fsp3) is 1.00. The monoisotopic (exact) mass is 262 g/mol. The van der Waals surface area contributed by atoms with Gasteiger partial charge in [0.1, 0.15) is 0 Å². The van der Waals surface area contributed by atoms with Crippen molar-refractivity contribution in [3.63, 3.8) is 0 Å². The Hall–Kier alpha value is 0.190. The van der Waals surface area contributed by atoms with Gasteiger partial charge in [0.25, 0.3) is 0 Å². The van der Waals surface area contributed by atoms with Gasteiger partial charge in [0.2, 0.25) is 0 Å². The molecule has 0 aromatic heterocycles. The third-order valence-electron chi connectivity index (χ3n) is 3.04. The van der Waals surface area contributed by atoms with Gasteiger partial charge in [-0.2, -0.15) is 0 Å². The number of unbranched alkanes of at least 4 members (excludes halogenated alkanes) is 9. The summed E-state index contributed by atoms with van der Waals surface area (Å²) >= 11 is 0. The summed E-state index contributed by atoms with van der Waals surface area (Å²) in [5, 5.41) is 0. The molecule has 0 rings (SSSR count). The molecule has 0 saturated carbocycles. The minimum atomic E-state index is -1.70. The molecule has 17 heavy (non-hydrogen) atoms. The van der Waals surface area contributed by atoms with E-state index in [0.29, 0.717) is 6.61 Å². The number of hydrogen-bond acceptors (Lipinski definition) is 2. The molecule has 0 amide bonds. The van der Waals surface area contributed by atoms with E-state index in [2.05, 4.69) is 6.92 Å². The lowest BCUT2D eigenvalue weighted by molar-refractivity contribution is 0.349. The Morgan fingerprint density at radius 1 is 0.765 bits per heavy atom. The molecule has 0 bridgehead atoms. The van der Waals surface area contributed by atoms with Crippen LogP contribution in [0.5, 0.6) is 0 Å². The normalized spacial score (nSPS) is 12.8. The first-order valence-electron chi connectivity index (χ1n) is 7.46. The van der Waals surface area contributed by atoms with Crippen LogP contribution < -0.4 is 0 Å². The van der Waals surface area contributed by atoms with Crippen molar-refractivity contribution in [1.29, 1.82) is 0 Å². The van der Waals surface area contributed by atoms with Gasteiger partial charge in [-0.3, -0.25) is 4.57 Å². The molecule has 104 valence electrons. The van der Waals surface area contributed by atoms with Gasteiger partial charge in [-0.1, -0.05) is 64.7 Å². The van der Waals surface area contributed by atoms with Gasteiger partial charge in [0.05, 0.1) is 6.61 Å². The van der Waals surface area contributed by atoms with Gasteiger partial charge in [0, 0.05) is 6.16 Å². The van der Waals surface area contributed by atoms with Gasteiger partial charge in [-0.25, -0.2) is 0 Å². The van der Waals surface area contributed by atoms with E-state index < -0.39 is 8.03 Å².